The van der Waals surface area contributed by atoms with Gasteiger partial charge in [0, 0.05) is 19.1 Å². The number of nitriles is 1. The van der Waals surface area contributed by atoms with Gasteiger partial charge in [-0.1, -0.05) is 42.5 Å². The van der Waals surface area contributed by atoms with Crippen LogP contribution in [0.4, 0.5) is 0 Å². The monoisotopic (exact) mass is 264 g/mol. The van der Waals surface area contributed by atoms with Crippen molar-refractivity contribution in [1.29, 1.82) is 5.26 Å². The molecule has 0 N–H and O–H groups in total. The molecule has 2 nitrogen and oxygen atoms in total. The second kappa shape index (κ2) is 6.88. The van der Waals surface area contributed by atoms with Crippen LogP contribution in [-0.4, -0.2) is 10.9 Å². The highest BCUT2D eigenvalue weighted by atomic mass is 15.1. The third-order valence-corrected chi connectivity index (χ3v) is 3.43. The molecule has 0 bridgehead atoms. The van der Waals surface area contributed by atoms with Gasteiger partial charge in [-0.2, -0.15) is 5.26 Å². The minimum Gasteiger partial charge on any atom is -0.292 e. The van der Waals surface area contributed by atoms with E-state index in [1.54, 1.807) is 0 Å². The second-order valence-corrected chi connectivity index (χ2v) is 5.29. The highest BCUT2D eigenvalue weighted by Gasteiger charge is 2.10. The Kier molecular flexibility index (Phi) is 4.92. The lowest BCUT2D eigenvalue weighted by atomic mass is 10.1. The number of hydrogen-bond acceptors (Lipinski definition) is 2. The lowest BCUT2D eigenvalue weighted by Crippen LogP contribution is -2.29. The van der Waals surface area contributed by atoms with E-state index in [-0.39, 0.29) is 0 Å². The second-order valence-electron chi connectivity index (χ2n) is 5.29. The molecule has 0 radical (unpaired) electrons. The first-order valence-electron chi connectivity index (χ1n) is 6.96. The molecule has 0 unspecified atom stereocenters. The van der Waals surface area contributed by atoms with Crippen LogP contribution >= 0.6 is 0 Å². The molecular formula is C18H20N2. The van der Waals surface area contributed by atoms with Crippen molar-refractivity contribution in [2.45, 2.75) is 33.0 Å². The summed E-state index contributed by atoms with van der Waals surface area (Å²) in [7, 11) is 0. The average Bonchev–Trinajstić information content (AvgIpc) is 2.48. The molecule has 0 saturated carbocycles. The Hall–Kier alpha value is -2.11. The molecule has 0 fully saturated rings. The van der Waals surface area contributed by atoms with Crippen molar-refractivity contribution in [1.82, 2.24) is 4.90 Å². The first-order valence-corrected chi connectivity index (χ1v) is 6.96. The van der Waals surface area contributed by atoms with Crippen LogP contribution in [0.2, 0.25) is 0 Å². The third-order valence-electron chi connectivity index (χ3n) is 3.43. The summed E-state index contributed by atoms with van der Waals surface area (Å²) in [6, 6.07) is 21.0. The van der Waals surface area contributed by atoms with E-state index in [2.05, 4.69) is 49.1 Å². The maximum absolute atomic E-state index is 8.83. The zero-order valence-electron chi connectivity index (χ0n) is 12.1. The molecule has 2 heteroatoms. The van der Waals surface area contributed by atoms with Crippen LogP contribution < -0.4 is 0 Å². The van der Waals surface area contributed by atoms with Crippen LogP contribution in [-0.2, 0) is 13.1 Å². The van der Waals surface area contributed by atoms with Gasteiger partial charge in [0.1, 0.15) is 0 Å². The van der Waals surface area contributed by atoms with Gasteiger partial charge in [-0.25, -0.2) is 0 Å². The standard InChI is InChI=1S/C18H20N2/c1-15(2)20(13-17-6-4-3-5-7-17)14-18-10-8-16(12-19)9-11-18/h3-11,15H,13-14H2,1-2H3. The summed E-state index contributed by atoms with van der Waals surface area (Å²) in [6.45, 7) is 6.27. The van der Waals surface area contributed by atoms with E-state index in [4.69, 9.17) is 5.26 Å². The molecule has 20 heavy (non-hydrogen) atoms. The normalized spacial score (nSPS) is 10.8. The zero-order chi connectivity index (χ0) is 14.4. The van der Waals surface area contributed by atoms with Gasteiger partial charge in [0.05, 0.1) is 11.6 Å². The van der Waals surface area contributed by atoms with Crippen molar-refractivity contribution < 1.29 is 0 Å². The van der Waals surface area contributed by atoms with Crippen LogP contribution in [0.1, 0.15) is 30.5 Å². The molecule has 0 saturated heterocycles. The summed E-state index contributed by atoms with van der Waals surface area (Å²) in [6.07, 6.45) is 0. The van der Waals surface area contributed by atoms with Crippen molar-refractivity contribution >= 4 is 0 Å². The van der Waals surface area contributed by atoms with Crippen molar-refractivity contribution in [3.63, 3.8) is 0 Å². The molecule has 0 aliphatic carbocycles. The van der Waals surface area contributed by atoms with Gasteiger partial charge in [-0.15, -0.1) is 0 Å². The molecule has 0 aliphatic heterocycles. The van der Waals surface area contributed by atoms with E-state index in [9.17, 15) is 0 Å². The molecule has 0 aliphatic rings. The maximum Gasteiger partial charge on any atom is 0.0991 e. The fourth-order valence-corrected chi connectivity index (χ4v) is 2.16. The van der Waals surface area contributed by atoms with E-state index >= 15 is 0 Å². The molecule has 0 aromatic heterocycles. The van der Waals surface area contributed by atoms with E-state index in [0.717, 1.165) is 13.1 Å². The number of rotatable bonds is 5. The summed E-state index contributed by atoms with van der Waals surface area (Å²) < 4.78 is 0. The Labute approximate surface area is 121 Å². The molecule has 2 rings (SSSR count). The van der Waals surface area contributed by atoms with Crippen LogP contribution in [0.25, 0.3) is 0 Å². The van der Waals surface area contributed by atoms with Crippen molar-refractivity contribution in [2.24, 2.45) is 0 Å². The fourth-order valence-electron chi connectivity index (χ4n) is 2.16. The van der Waals surface area contributed by atoms with E-state index in [0.29, 0.717) is 11.6 Å². The van der Waals surface area contributed by atoms with Crippen molar-refractivity contribution in [3.05, 3.63) is 71.3 Å². The quantitative estimate of drug-likeness (QED) is 0.817. The Morgan fingerprint density at radius 2 is 1.45 bits per heavy atom. The highest BCUT2D eigenvalue weighted by Crippen LogP contribution is 2.13. The molecule has 2 aromatic carbocycles. The number of nitrogens with zero attached hydrogens (tertiary/aromatic N) is 2. The third kappa shape index (κ3) is 3.94. The topological polar surface area (TPSA) is 27.0 Å². The SMILES string of the molecule is CC(C)N(Cc1ccccc1)Cc1ccc(C#N)cc1. The van der Waals surface area contributed by atoms with E-state index in [1.807, 2.05) is 30.3 Å². The maximum atomic E-state index is 8.83. The van der Waals surface area contributed by atoms with Crippen LogP contribution in [0.5, 0.6) is 0 Å². The molecule has 0 amide bonds. The van der Waals surface area contributed by atoms with Gasteiger partial charge < -0.3 is 0 Å². The Bertz CT molecular complexity index is 565. The Morgan fingerprint density at radius 1 is 0.900 bits per heavy atom. The molecule has 0 atom stereocenters. The predicted octanol–water partition coefficient (Wildman–Crippen LogP) is 3.97. The first-order chi connectivity index (χ1) is 9.69. The summed E-state index contributed by atoms with van der Waals surface area (Å²) in [5.74, 6) is 0. The van der Waals surface area contributed by atoms with Crippen LogP contribution in [0.15, 0.2) is 54.6 Å². The summed E-state index contributed by atoms with van der Waals surface area (Å²) >= 11 is 0. The van der Waals surface area contributed by atoms with Crippen molar-refractivity contribution in [2.75, 3.05) is 0 Å². The number of hydrogen-bond donors (Lipinski definition) is 0. The van der Waals surface area contributed by atoms with Crippen LogP contribution in [0, 0.1) is 11.3 Å². The fraction of sp³-hybridized carbons (Fsp3) is 0.278. The smallest absolute Gasteiger partial charge is 0.0991 e. The minimum atomic E-state index is 0.478. The van der Waals surface area contributed by atoms with Gasteiger partial charge in [-0.05, 0) is 37.1 Å². The molecule has 0 spiro atoms. The highest BCUT2D eigenvalue weighted by molar-refractivity contribution is 5.31. The Balaban J connectivity index is 2.07. The molecule has 0 heterocycles. The van der Waals surface area contributed by atoms with Gasteiger partial charge >= 0.3 is 0 Å². The Morgan fingerprint density at radius 3 is 1.95 bits per heavy atom. The molecule has 102 valence electrons. The summed E-state index contributed by atoms with van der Waals surface area (Å²) in [4.78, 5) is 2.43. The van der Waals surface area contributed by atoms with Crippen LogP contribution in [0.3, 0.4) is 0 Å². The zero-order valence-corrected chi connectivity index (χ0v) is 12.1. The van der Waals surface area contributed by atoms with Gasteiger partial charge in [-0.3, -0.25) is 4.90 Å². The van der Waals surface area contributed by atoms with Crippen molar-refractivity contribution in [3.8, 4) is 6.07 Å². The minimum absolute atomic E-state index is 0.478. The lowest BCUT2D eigenvalue weighted by molar-refractivity contribution is 0.203. The summed E-state index contributed by atoms with van der Waals surface area (Å²) in [5, 5.41) is 8.83. The lowest BCUT2D eigenvalue weighted by Gasteiger charge is -2.26. The first kappa shape index (κ1) is 14.3. The average molecular weight is 264 g/mol. The van der Waals surface area contributed by atoms with Gasteiger partial charge in [0.25, 0.3) is 0 Å². The molecule has 2 aromatic rings. The van der Waals surface area contributed by atoms with Gasteiger partial charge in [0.2, 0.25) is 0 Å². The van der Waals surface area contributed by atoms with E-state index in [1.165, 1.54) is 11.1 Å². The largest absolute Gasteiger partial charge is 0.292 e. The number of benzene rings is 2. The molecular weight excluding hydrogens is 244 g/mol. The summed E-state index contributed by atoms with van der Waals surface area (Å²) in [5.41, 5.74) is 3.29. The predicted molar refractivity (Wildman–Crippen MR) is 82.0 cm³/mol. The van der Waals surface area contributed by atoms with E-state index < -0.39 is 0 Å². The van der Waals surface area contributed by atoms with Gasteiger partial charge in [0.15, 0.2) is 0 Å².